The fraction of sp³-hybridized carbons (Fsp3) is 0.917. The molecule has 96 valence electrons. The standard InChI is InChI=1S/C12H26N2O2/c1-6-11(3,4)14-10(16)8-13-12(5,7-2)9-15/h13,15H,6-9H2,1-5H3,(H,14,16). The maximum absolute atomic E-state index is 11.6. The zero-order valence-electron chi connectivity index (χ0n) is 11.2. The van der Waals surface area contributed by atoms with Gasteiger partial charge >= 0.3 is 0 Å². The highest BCUT2D eigenvalue weighted by atomic mass is 16.3. The van der Waals surface area contributed by atoms with Crippen LogP contribution in [0.5, 0.6) is 0 Å². The maximum atomic E-state index is 11.6. The third-order valence-corrected chi connectivity index (χ3v) is 3.17. The molecule has 1 amide bonds. The van der Waals surface area contributed by atoms with Crippen LogP contribution >= 0.6 is 0 Å². The number of carbonyl (C=O) groups is 1. The van der Waals surface area contributed by atoms with Crippen LogP contribution < -0.4 is 10.6 Å². The molecular formula is C12H26N2O2. The van der Waals surface area contributed by atoms with Crippen LogP contribution in [0.2, 0.25) is 0 Å². The Morgan fingerprint density at radius 3 is 2.12 bits per heavy atom. The van der Waals surface area contributed by atoms with E-state index in [1.807, 2.05) is 34.6 Å². The average molecular weight is 230 g/mol. The third-order valence-electron chi connectivity index (χ3n) is 3.17. The highest BCUT2D eigenvalue weighted by Gasteiger charge is 2.23. The first-order chi connectivity index (χ1) is 7.28. The van der Waals surface area contributed by atoms with Gasteiger partial charge in [-0.15, -0.1) is 0 Å². The molecule has 0 aromatic carbocycles. The Bertz CT molecular complexity index is 223. The van der Waals surface area contributed by atoms with E-state index in [0.717, 1.165) is 12.8 Å². The van der Waals surface area contributed by atoms with Crippen molar-refractivity contribution in [3.63, 3.8) is 0 Å². The maximum Gasteiger partial charge on any atom is 0.234 e. The van der Waals surface area contributed by atoms with E-state index >= 15 is 0 Å². The summed E-state index contributed by atoms with van der Waals surface area (Å²) in [7, 11) is 0. The van der Waals surface area contributed by atoms with E-state index in [-0.39, 0.29) is 30.1 Å². The van der Waals surface area contributed by atoms with Gasteiger partial charge in [0.2, 0.25) is 5.91 Å². The molecule has 0 heterocycles. The predicted molar refractivity (Wildman–Crippen MR) is 66.3 cm³/mol. The van der Waals surface area contributed by atoms with Crippen molar-refractivity contribution < 1.29 is 9.90 Å². The summed E-state index contributed by atoms with van der Waals surface area (Å²) in [6.45, 7) is 10.2. The Hall–Kier alpha value is -0.610. The van der Waals surface area contributed by atoms with Gasteiger partial charge < -0.3 is 15.7 Å². The lowest BCUT2D eigenvalue weighted by molar-refractivity contribution is -0.122. The molecule has 0 aromatic rings. The molecular weight excluding hydrogens is 204 g/mol. The number of rotatable bonds is 7. The molecule has 1 unspecified atom stereocenters. The van der Waals surface area contributed by atoms with Crippen LogP contribution in [-0.2, 0) is 4.79 Å². The first kappa shape index (κ1) is 15.4. The van der Waals surface area contributed by atoms with Gasteiger partial charge in [-0.25, -0.2) is 0 Å². The molecule has 0 bridgehead atoms. The van der Waals surface area contributed by atoms with E-state index < -0.39 is 0 Å². The summed E-state index contributed by atoms with van der Waals surface area (Å²) in [6.07, 6.45) is 1.68. The Balaban J connectivity index is 4.08. The van der Waals surface area contributed by atoms with Gasteiger partial charge in [-0.1, -0.05) is 13.8 Å². The SMILES string of the molecule is CCC(C)(C)NC(=O)CNC(C)(CC)CO. The molecule has 0 saturated heterocycles. The number of aliphatic hydroxyl groups excluding tert-OH is 1. The van der Waals surface area contributed by atoms with E-state index in [1.54, 1.807) is 0 Å². The molecule has 0 aliphatic carbocycles. The summed E-state index contributed by atoms with van der Waals surface area (Å²) >= 11 is 0. The number of amides is 1. The normalized spacial score (nSPS) is 15.6. The van der Waals surface area contributed by atoms with Crippen molar-refractivity contribution in [2.45, 2.75) is 58.5 Å². The van der Waals surface area contributed by atoms with Gasteiger partial charge in [-0.05, 0) is 33.6 Å². The molecule has 0 spiro atoms. The topological polar surface area (TPSA) is 61.4 Å². The monoisotopic (exact) mass is 230 g/mol. The quantitative estimate of drug-likeness (QED) is 0.612. The van der Waals surface area contributed by atoms with Crippen LogP contribution in [0.4, 0.5) is 0 Å². The molecule has 4 heteroatoms. The van der Waals surface area contributed by atoms with E-state index in [0.29, 0.717) is 0 Å². The van der Waals surface area contributed by atoms with Crippen LogP contribution in [0.3, 0.4) is 0 Å². The number of hydrogen-bond acceptors (Lipinski definition) is 3. The lowest BCUT2D eigenvalue weighted by Crippen LogP contribution is -2.52. The van der Waals surface area contributed by atoms with Gasteiger partial charge in [0.25, 0.3) is 0 Å². The van der Waals surface area contributed by atoms with Gasteiger partial charge in [-0.2, -0.15) is 0 Å². The van der Waals surface area contributed by atoms with Crippen LogP contribution in [0, 0.1) is 0 Å². The molecule has 0 aliphatic heterocycles. The van der Waals surface area contributed by atoms with E-state index in [1.165, 1.54) is 0 Å². The van der Waals surface area contributed by atoms with E-state index in [4.69, 9.17) is 0 Å². The molecule has 0 saturated carbocycles. The lowest BCUT2D eigenvalue weighted by Gasteiger charge is -2.29. The number of aliphatic hydroxyl groups is 1. The molecule has 16 heavy (non-hydrogen) atoms. The largest absolute Gasteiger partial charge is 0.394 e. The van der Waals surface area contributed by atoms with Crippen molar-refractivity contribution >= 4 is 5.91 Å². The zero-order chi connectivity index (χ0) is 12.8. The third kappa shape index (κ3) is 5.47. The molecule has 3 N–H and O–H groups in total. The highest BCUT2D eigenvalue weighted by Crippen LogP contribution is 2.08. The van der Waals surface area contributed by atoms with Crippen LogP contribution in [-0.4, -0.2) is 35.2 Å². The molecule has 1 atom stereocenters. The number of hydrogen-bond donors (Lipinski definition) is 3. The van der Waals surface area contributed by atoms with Crippen molar-refractivity contribution in [3.8, 4) is 0 Å². The average Bonchev–Trinajstić information content (AvgIpc) is 2.25. The molecule has 4 nitrogen and oxygen atoms in total. The molecule has 0 radical (unpaired) electrons. The summed E-state index contributed by atoms with van der Waals surface area (Å²) < 4.78 is 0. The van der Waals surface area contributed by atoms with Crippen molar-refractivity contribution in [2.24, 2.45) is 0 Å². The van der Waals surface area contributed by atoms with Crippen molar-refractivity contribution in [1.29, 1.82) is 0 Å². The Morgan fingerprint density at radius 1 is 1.19 bits per heavy atom. The Labute approximate surface area is 98.8 Å². The van der Waals surface area contributed by atoms with E-state index in [2.05, 4.69) is 10.6 Å². The minimum atomic E-state index is -0.367. The second-order valence-electron chi connectivity index (χ2n) is 5.21. The smallest absolute Gasteiger partial charge is 0.234 e. The van der Waals surface area contributed by atoms with Gasteiger partial charge in [0, 0.05) is 11.1 Å². The summed E-state index contributed by atoms with van der Waals surface area (Å²) in [6, 6.07) is 0. The molecule has 0 fully saturated rings. The van der Waals surface area contributed by atoms with Crippen molar-refractivity contribution in [3.05, 3.63) is 0 Å². The summed E-state index contributed by atoms with van der Waals surface area (Å²) in [5, 5.41) is 15.2. The first-order valence-corrected chi connectivity index (χ1v) is 5.95. The van der Waals surface area contributed by atoms with Crippen LogP contribution in [0.15, 0.2) is 0 Å². The van der Waals surface area contributed by atoms with Crippen LogP contribution in [0.1, 0.15) is 47.5 Å². The second kappa shape index (κ2) is 6.21. The summed E-state index contributed by atoms with van der Waals surface area (Å²) in [5.74, 6) is -0.0278. The predicted octanol–water partition coefficient (Wildman–Crippen LogP) is 1.04. The number of nitrogens with one attached hydrogen (secondary N) is 2. The van der Waals surface area contributed by atoms with Gasteiger partial charge in [0.15, 0.2) is 0 Å². The molecule has 0 rings (SSSR count). The van der Waals surface area contributed by atoms with Crippen molar-refractivity contribution in [1.82, 2.24) is 10.6 Å². The zero-order valence-corrected chi connectivity index (χ0v) is 11.2. The number of carbonyl (C=O) groups excluding carboxylic acids is 1. The molecule has 0 aliphatic rings. The highest BCUT2D eigenvalue weighted by molar-refractivity contribution is 5.78. The minimum Gasteiger partial charge on any atom is -0.394 e. The van der Waals surface area contributed by atoms with Gasteiger partial charge in [0.05, 0.1) is 13.2 Å². The Kier molecular flexibility index (Phi) is 5.97. The second-order valence-corrected chi connectivity index (χ2v) is 5.21. The van der Waals surface area contributed by atoms with Crippen LogP contribution in [0.25, 0.3) is 0 Å². The lowest BCUT2D eigenvalue weighted by atomic mass is 10.00. The van der Waals surface area contributed by atoms with Gasteiger partial charge in [-0.3, -0.25) is 4.79 Å². The minimum absolute atomic E-state index is 0.0278. The fourth-order valence-electron chi connectivity index (χ4n) is 1.10. The van der Waals surface area contributed by atoms with E-state index in [9.17, 15) is 9.90 Å². The van der Waals surface area contributed by atoms with Gasteiger partial charge in [0.1, 0.15) is 0 Å². The van der Waals surface area contributed by atoms with Crippen molar-refractivity contribution in [2.75, 3.05) is 13.2 Å². The Morgan fingerprint density at radius 2 is 1.75 bits per heavy atom. The first-order valence-electron chi connectivity index (χ1n) is 5.95. The fourth-order valence-corrected chi connectivity index (χ4v) is 1.10. The summed E-state index contributed by atoms with van der Waals surface area (Å²) in [4.78, 5) is 11.6. The summed E-state index contributed by atoms with van der Waals surface area (Å²) in [5.41, 5.74) is -0.533. The molecule has 0 aromatic heterocycles.